The second-order valence-corrected chi connectivity index (χ2v) is 3.34. The first-order chi connectivity index (χ1) is 5.34. The SMILES string of the molecule is CC1OCCC1CCCCO. The molecule has 1 rings (SSSR count). The molecule has 1 N–H and O–H groups in total. The number of aliphatic hydroxyl groups excluding tert-OH is 1. The molecule has 2 unspecified atom stereocenters. The Hall–Kier alpha value is -0.0800. The van der Waals surface area contributed by atoms with Crippen molar-refractivity contribution in [3.05, 3.63) is 0 Å². The van der Waals surface area contributed by atoms with Crippen molar-refractivity contribution in [3.63, 3.8) is 0 Å². The molecular weight excluding hydrogens is 140 g/mol. The minimum absolute atomic E-state index is 0.335. The lowest BCUT2D eigenvalue weighted by molar-refractivity contribution is 0.103. The van der Waals surface area contributed by atoms with Crippen LogP contribution in [0.1, 0.15) is 32.6 Å². The molecule has 0 aromatic rings. The summed E-state index contributed by atoms with van der Waals surface area (Å²) in [4.78, 5) is 0. The molecular formula is C9H18O2. The summed E-state index contributed by atoms with van der Waals surface area (Å²) in [5, 5.41) is 8.57. The molecule has 0 aromatic carbocycles. The summed E-state index contributed by atoms with van der Waals surface area (Å²) in [7, 11) is 0. The lowest BCUT2D eigenvalue weighted by atomic mass is 9.96. The molecule has 1 fully saturated rings. The molecule has 0 aromatic heterocycles. The summed E-state index contributed by atoms with van der Waals surface area (Å²) in [6.07, 6.45) is 4.99. The first-order valence-electron chi connectivity index (χ1n) is 4.57. The van der Waals surface area contributed by atoms with Gasteiger partial charge >= 0.3 is 0 Å². The lowest BCUT2D eigenvalue weighted by Crippen LogP contribution is -2.10. The van der Waals surface area contributed by atoms with E-state index < -0.39 is 0 Å². The Balaban J connectivity index is 2.05. The van der Waals surface area contributed by atoms with Crippen LogP contribution in [-0.2, 0) is 4.74 Å². The smallest absolute Gasteiger partial charge is 0.0575 e. The zero-order chi connectivity index (χ0) is 8.10. The van der Waals surface area contributed by atoms with Gasteiger partial charge in [0.1, 0.15) is 0 Å². The Labute approximate surface area is 68.6 Å². The highest BCUT2D eigenvalue weighted by atomic mass is 16.5. The van der Waals surface area contributed by atoms with Crippen LogP contribution in [0.3, 0.4) is 0 Å². The zero-order valence-electron chi connectivity index (χ0n) is 7.25. The van der Waals surface area contributed by atoms with Gasteiger partial charge in [-0.1, -0.05) is 6.42 Å². The summed E-state index contributed by atoms with van der Waals surface area (Å²) in [6, 6.07) is 0. The van der Waals surface area contributed by atoms with E-state index in [-0.39, 0.29) is 0 Å². The van der Waals surface area contributed by atoms with Gasteiger partial charge in [-0.3, -0.25) is 0 Å². The van der Waals surface area contributed by atoms with E-state index in [1.807, 2.05) is 0 Å². The van der Waals surface area contributed by atoms with Crippen LogP contribution >= 0.6 is 0 Å². The molecule has 0 amide bonds. The van der Waals surface area contributed by atoms with E-state index in [1.165, 1.54) is 12.8 Å². The van der Waals surface area contributed by atoms with Gasteiger partial charge in [0.05, 0.1) is 6.10 Å². The Morgan fingerprint density at radius 3 is 2.82 bits per heavy atom. The fraction of sp³-hybridized carbons (Fsp3) is 1.00. The van der Waals surface area contributed by atoms with Crippen molar-refractivity contribution in [1.82, 2.24) is 0 Å². The second kappa shape index (κ2) is 4.73. The van der Waals surface area contributed by atoms with Crippen LogP contribution in [-0.4, -0.2) is 24.4 Å². The number of aliphatic hydroxyl groups is 1. The van der Waals surface area contributed by atoms with Crippen molar-refractivity contribution in [1.29, 1.82) is 0 Å². The fourth-order valence-corrected chi connectivity index (χ4v) is 1.67. The minimum Gasteiger partial charge on any atom is -0.396 e. The van der Waals surface area contributed by atoms with Gasteiger partial charge in [0.2, 0.25) is 0 Å². The van der Waals surface area contributed by atoms with Crippen molar-refractivity contribution >= 4 is 0 Å². The average Bonchev–Trinajstić information content (AvgIpc) is 2.37. The van der Waals surface area contributed by atoms with E-state index in [4.69, 9.17) is 9.84 Å². The molecule has 11 heavy (non-hydrogen) atoms. The number of unbranched alkanes of at least 4 members (excludes halogenated alkanes) is 1. The van der Waals surface area contributed by atoms with Crippen molar-refractivity contribution in [2.45, 2.75) is 38.7 Å². The molecule has 0 aliphatic carbocycles. The molecule has 2 heteroatoms. The number of ether oxygens (including phenoxy) is 1. The van der Waals surface area contributed by atoms with Gasteiger partial charge in [0.25, 0.3) is 0 Å². The van der Waals surface area contributed by atoms with Crippen LogP contribution in [0.2, 0.25) is 0 Å². The van der Waals surface area contributed by atoms with Gasteiger partial charge in [0, 0.05) is 13.2 Å². The van der Waals surface area contributed by atoms with Crippen molar-refractivity contribution in [2.75, 3.05) is 13.2 Å². The Morgan fingerprint density at radius 1 is 1.45 bits per heavy atom. The van der Waals surface area contributed by atoms with Crippen LogP contribution in [0.4, 0.5) is 0 Å². The monoisotopic (exact) mass is 158 g/mol. The second-order valence-electron chi connectivity index (χ2n) is 3.34. The summed E-state index contributed by atoms with van der Waals surface area (Å²) >= 11 is 0. The Kier molecular flexibility index (Phi) is 3.87. The maximum Gasteiger partial charge on any atom is 0.0575 e. The first kappa shape index (κ1) is 9.01. The van der Waals surface area contributed by atoms with Crippen LogP contribution < -0.4 is 0 Å². The molecule has 1 aliphatic heterocycles. The summed E-state index contributed by atoms with van der Waals surface area (Å²) in [5.41, 5.74) is 0. The zero-order valence-corrected chi connectivity index (χ0v) is 7.25. The molecule has 66 valence electrons. The molecule has 1 heterocycles. The van der Waals surface area contributed by atoms with E-state index in [0.29, 0.717) is 12.7 Å². The number of hydrogen-bond donors (Lipinski definition) is 1. The maximum absolute atomic E-state index is 8.57. The fourth-order valence-electron chi connectivity index (χ4n) is 1.67. The topological polar surface area (TPSA) is 29.5 Å². The van der Waals surface area contributed by atoms with Crippen molar-refractivity contribution in [2.24, 2.45) is 5.92 Å². The average molecular weight is 158 g/mol. The molecule has 1 aliphatic rings. The van der Waals surface area contributed by atoms with Gasteiger partial charge < -0.3 is 9.84 Å². The predicted molar refractivity (Wildman–Crippen MR) is 44.5 cm³/mol. The lowest BCUT2D eigenvalue weighted by Gasteiger charge is -2.12. The highest BCUT2D eigenvalue weighted by molar-refractivity contribution is 4.71. The Bertz CT molecular complexity index is 104. The van der Waals surface area contributed by atoms with Crippen LogP contribution in [0, 0.1) is 5.92 Å². The van der Waals surface area contributed by atoms with Crippen LogP contribution in [0.5, 0.6) is 0 Å². The van der Waals surface area contributed by atoms with Crippen LogP contribution in [0.15, 0.2) is 0 Å². The molecule has 0 spiro atoms. The van der Waals surface area contributed by atoms with E-state index >= 15 is 0 Å². The molecule has 2 nitrogen and oxygen atoms in total. The first-order valence-corrected chi connectivity index (χ1v) is 4.57. The largest absolute Gasteiger partial charge is 0.396 e. The molecule has 1 saturated heterocycles. The predicted octanol–water partition coefficient (Wildman–Crippen LogP) is 1.57. The summed E-state index contributed by atoms with van der Waals surface area (Å²) in [6.45, 7) is 3.42. The third-order valence-electron chi connectivity index (χ3n) is 2.52. The van der Waals surface area contributed by atoms with E-state index in [1.54, 1.807) is 0 Å². The van der Waals surface area contributed by atoms with Gasteiger partial charge in [-0.25, -0.2) is 0 Å². The quantitative estimate of drug-likeness (QED) is 0.629. The molecule has 0 radical (unpaired) electrons. The minimum atomic E-state index is 0.335. The highest BCUT2D eigenvalue weighted by Crippen LogP contribution is 2.25. The summed E-state index contributed by atoms with van der Waals surface area (Å²) < 4.78 is 5.43. The normalized spacial score (nSPS) is 31.1. The molecule has 0 bridgehead atoms. The van der Waals surface area contributed by atoms with Gasteiger partial charge in [-0.2, -0.15) is 0 Å². The van der Waals surface area contributed by atoms with E-state index in [0.717, 1.165) is 25.4 Å². The number of hydrogen-bond acceptors (Lipinski definition) is 2. The third kappa shape index (κ3) is 2.80. The molecule has 2 atom stereocenters. The molecule has 0 saturated carbocycles. The highest BCUT2D eigenvalue weighted by Gasteiger charge is 2.22. The van der Waals surface area contributed by atoms with Gasteiger partial charge in [0.15, 0.2) is 0 Å². The van der Waals surface area contributed by atoms with Gasteiger partial charge in [-0.05, 0) is 32.1 Å². The van der Waals surface area contributed by atoms with Crippen molar-refractivity contribution in [3.8, 4) is 0 Å². The van der Waals surface area contributed by atoms with E-state index in [2.05, 4.69) is 6.92 Å². The van der Waals surface area contributed by atoms with E-state index in [9.17, 15) is 0 Å². The summed E-state index contributed by atoms with van der Waals surface area (Å²) in [5.74, 6) is 0.751. The maximum atomic E-state index is 8.57. The standard InChI is InChI=1S/C9H18O2/c1-8-9(5-7-11-8)4-2-3-6-10/h8-10H,2-7H2,1H3. The third-order valence-corrected chi connectivity index (χ3v) is 2.52. The Morgan fingerprint density at radius 2 is 2.27 bits per heavy atom. The number of rotatable bonds is 4. The van der Waals surface area contributed by atoms with Gasteiger partial charge in [-0.15, -0.1) is 0 Å². The van der Waals surface area contributed by atoms with Crippen molar-refractivity contribution < 1.29 is 9.84 Å². The van der Waals surface area contributed by atoms with Crippen LogP contribution in [0.25, 0.3) is 0 Å².